The summed E-state index contributed by atoms with van der Waals surface area (Å²) in [5, 5.41) is 0. The Morgan fingerprint density at radius 2 is 2.24 bits per heavy atom. The van der Waals surface area contributed by atoms with Gasteiger partial charge in [-0.25, -0.2) is 4.98 Å². The first kappa shape index (κ1) is 10.2. The number of nitrogen functional groups attached to an aromatic ring is 1. The fraction of sp³-hybridized carbons (Fsp3) is 0.308. The summed E-state index contributed by atoms with van der Waals surface area (Å²) in [6.45, 7) is 0. The summed E-state index contributed by atoms with van der Waals surface area (Å²) in [7, 11) is 1.97. The summed E-state index contributed by atoms with van der Waals surface area (Å²) in [6.07, 6.45) is 6.33. The first-order chi connectivity index (χ1) is 8.24. The number of benzene rings is 1. The fourth-order valence-corrected chi connectivity index (χ4v) is 1.78. The number of ether oxygens (including phenoxy) is 1. The van der Waals surface area contributed by atoms with Crippen molar-refractivity contribution in [2.45, 2.75) is 18.9 Å². The minimum absolute atomic E-state index is 0.355. The molecule has 0 spiro atoms. The van der Waals surface area contributed by atoms with Gasteiger partial charge < -0.3 is 15.0 Å². The number of imidazole rings is 1. The molecule has 0 saturated heterocycles. The molecule has 1 heterocycles. The van der Waals surface area contributed by atoms with Crippen LogP contribution in [0.2, 0.25) is 0 Å². The van der Waals surface area contributed by atoms with Crippen LogP contribution in [0.5, 0.6) is 5.75 Å². The Kier molecular flexibility index (Phi) is 2.28. The monoisotopic (exact) mass is 229 g/mol. The van der Waals surface area contributed by atoms with Crippen LogP contribution in [0, 0.1) is 0 Å². The van der Waals surface area contributed by atoms with Crippen LogP contribution in [-0.2, 0) is 7.05 Å². The van der Waals surface area contributed by atoms with Gasteiger partial charge in [0.1, 0.15) is 11.6 Å². The lowest BCUT2D eigenvalue weighted by atomic mass is 10.2. The zero-order valence-corrected chi connectivity index (χ0v) is 9.76. The highest BCUT2D eigenvalue weighted by molar-refractivity contribution is 5.65. The maximum atomic E-state index is 5.90. The summed E-state index contributed by atoms with van der Waals surface area (Å²) in [6, 6.07) is 5.81. The van der Waals surface area contributed by atoms with Crippen LogP contribution in [0.4, 0.5) is 5.69 Å². The third kappa shape index (κ3) is 1.98. The lowest BCUT2D eigenvalue weighted by Gasteiger charge is -2.10. The number of anilines is 1. The van der Waals surface area contributed by atoms with E-state index in [1.165, 1.54) is 0 Å². The molecule has 1 aromatic heterocycles. The van der Waals surface area contributed by atoms with Gasteiger partial charge in [0.05, 0.1) is 11.8 Å². The first-order valence-electron chi connectivity index (χ1n) is 5.78. The number of aromatic nitrogens is 2. The van der Waals surface area contributed by atoms with E-state index >= 15 is 0 Å². The van der Waals surface area contributed by atoms with Crippen LogP contribution >= 0.6 is 0 Å². The molecule has 88 valence electrons. The van der Waals surface area contributed by atoms with Gasteiger partial charge in [0, 0.05) is 25.0 Å². The van der Waals surface area contributed by atoms with E-state index < -0.39 is 0 Å². The maximum Gasteiger partial charge on any atom is 0.143 e. The molecule has 1 saturated carbocycles. The van der Waals surface area contributed by atoms with Gasteiger partial charge in [-0.05, 0) is 31.0 Å². The Hall–Kier alpha value is -1.97. The van der Waals surface area contributed by atoms with E-state index in [0.717, 1.165) is 30.0 Å². The zero-order chi connectivity index (χ0) is 11.8. The third-order valence-electron chi connectivity index (χ3n) is 2.91. The Balaban J connectivity index is 1.97. The predicted octanol–water partition coefficient (Wildman–Crippen LogP) is 2.21. The Labute approximate surface area is 100 Å². The summed E-state index contributed by atoms with van der Waals surface area (Å²) in [5.74, 6) is 1.69. The molecule has 0 amide bonds. The highest BCUT2D eigenvalue weighted by Gasteiger charge is 2.24. The molecule has 4 heteroatoms. The lowest BCUT2D eigenvalue weighted by molar-refractivity contribution is 0.305. The van der Waals surface area contributed by atoms with Crippen molar-refractivity contribution in [3.05, 3.63) is 30.6 Å². The fourth-order valence-electron chi connectivity index (χ4n) is 1.78. The second-order valence-corrected chi connectivity index (χ2v) is 4.43. The normalized spacial score (nSPS) is 14.9. The summed E-state index contributed by atoms with van der Waals surface area (Å²) in [4.78, 5) is 4.32. The van der Waals surface area contributed by atoms with Crippen molar-refractivity contribution in [1.82, 2.24) is 9.55 Å². The van der Waals surface area contributed by atoms with Gasteiger partial charge in [0.2, 0.25) is 0 Å². The van der Waals surface area contributed by atoms with E-state index in [1.807, 2.05) is 36.0 Å². The maximum absolute atomic E-state index is 5.90. The van der Waals surface area contributed by atoms with Crippen molar-refractivity contribution in [2.24, 2.45) is 7.05 Å². The molecule has 0 radical (unpaired) electrons. The number of nitrogens with zero attached hydrogens (tertiary/aromatic N) is 2. The van der Waals surface area contributed by atoms with Crippen molar-refractivity contribution < 1.29 is 4.74 Å². The largest absolute Gasteiger partial charge is 0.488 e. The van der Waals surface area contributed by atoms with Gasteiger partial charge in [-0.2, -0.15) is 0 Å². The smallest absolute Gasteiger partial charge is 0.143 e. The predicted molar refractivity (Wildman–Crippen MR) is 66.7 cm³/mol. The Morgan fingerprint density at radius 3 is 2.88 bits per heavy atom. The van der Waals surface area contributed by atoms with E-state index in [2.05, 4.69) is 4.98 Å². The molecule has 0 unspecified atom stereocenters. The molecule has 2 aromatic rings. The molecule has 0 aliphatic heterocycles. The van der Waals surface area contributed by atoms with Crippen LogP contribution in [0.15, 0.2) is 30.6 Å². The molecule has 1 fully saturated rings. The van der Waals surface area contributed by atoms with Crippen LogP contribution in [-0.4, -0.2) is 15.7 Å². The van der Waals surface area contributed by atoms with Gasteiger partial charge in [0.25, 0.3) is 0 Å². The number of rotatable bonds is 3. The van der Waals surface area contributed by atoms with Crippen molar-refractivity contribution in [3.8, 4) is 17.1 Å². The summed E-state index contributed by atoms with van der Waals surface area (Å²) >= 11 is 0. The topological polar surface area (TPSA) is 53.1 Å². The second kappa shape index (κ2) is 3.80. The first-order valence-corrected chi connectivity index (χ1v) is 5.78. The third-order valence-corrected chi connectivity index (χ3v) is 2.91. The molecule has 4 nitrogen and oxygen atoms in total. The van der Waals surface area contributed by atoms with Crippen molar-refractivity contribution in [1.29, 1.82) is 0 Å². The SMILES string of the molecule is Cn1ccnc1-c1ccc(N)c(OC2CC2)c1. The van der Waals surface area contributed by atoms with E-state index in [9.17, 15) is 0 Å². The molecule has 0 bridgehead atoms. The molecule has 1 aliphatic carbocycles. The minimum Gasteiger partial charge on any atom is -0.488 e. The molecular formula is C13H15N3O. The lowest BCUT2D eigenvalue weighted by Crippen LogP contribution is -2.00. The molecule has 1 aliphatic rings. The second-order valence-electron chi connectivity index (χ2n) is 4.43. The Bertz CT molecular complexity index is 543. The number of aryl methyl sites for hydroxylation is 1. The number of hydrogen-bond acceptors (Lipinski definition) is 3. The number of nitrogens with two attached hydrogens (primary N) is 1. The summed E-state index contributed by atoms with van der Waals surface area (Å²) in [5.41, 5.74) is 7.62. The quantitative estimate of drug-likeness (QED) is 0.821. The van der Waals surface area contributed by atoms with E-state index in [-0.39, 0.29) is 0 Å². The number of hydrogen-bond donors (Lipinski definition) is 1. The molecule has 3 rings (SSSR count). The van der Waals surface area contributed by atoms with Gasteiger partial charge >= 0.3 is 0 Å². The highest BCUT2D eigenvalue weighted by atomic mass is 16.5. The van der Waals surface area contributed by atoms with Gasteiger partial charge in [-0.3, -0.25) is 0 Å². The van der Waals surface area contributed by atoms with Crippen LogP contribution < -0.4 is 10.5 Å². The van der Waals surface area contributed by atoms with E-state index in [4.69, 9.17) is 10.5 Å². The average Bonchev–Trinajstić information content (AvgIpc) is 3.03. The zero-order valence-electron chi connectivity index (χ0n) is 9.76. The average molecular weight is 229 g/mol. The molecule has 0 atom stereocenters. The van der Waals surface area contributed by atoms with Gasteiger partial charge in [-0.15, -0.1) is 0 Å². The Morgan fingerprint density at radius 1 is 1.41 bits per heavy atom. The van der Waals surface area contributed by atoms with Crippen molar-refractivity contribution >= 4 is 5.69 Å². The van der Waals surface area contributed by atoms with Crippen molar-refractivity contribution in [3.63, 3.8) is 0 Å². The standard InChI is InChI=1S/C13H15N3O/c1-16-7-6-15-13(16)9-2-5-11(14)12(8-9)17-10-3-4-10/h2,5-8,10H,3-4,14H2,1H3. The van der Waals surface area contributed by atoms with Crippen molar-refractivity contribution in [2.75, 3.05) is 5.73 Å². The van der Waals surface area contributed by atoms with E-state index in [1.54, 1.807) is 6.20 Å². The van der Waals surface area contributed by atoms with Gasteiger partial charge in [-0.1, -0.05) is 0 Å². The minimum atomic E-state index is 0.355. The molecule has 2 N–H and O–H groups in total. The van der Waals surface area contributed by atoms with E-state index in [0.29, 0.717) is 11.8 Å². The van der Waals surface area contributed by atoms with Gasteiger partial charge in [0.15, 0.2) is 0 Å². The van der Waals surface area contributed by atoms with Crippen LogP contribution in [0.25, 0.3) is 11.4 Å². The van der Waals surface area contributed by atoms with Crippen LogP contribution in [0.3, 0.4) is 0 Å². The molecular weight excluding hydrogens is 214 g/mol. The molecule has 1 aromatic carbocycles. The highest BCUT2D eigenvalue weighted by Crippen LogP contribution is 2.33. The summed E-state index contributed by atoms with van der Waals surface area (Å²) < 4.78 is 7.75. The molecule has 17 heavy (non-hydrogen) atoms. The van der Waals surface area contributed by atoms with Crippen LogP contribution in [0.1, 0.15) is 12.8 Å².